The zero-order valence-electron chi connectivity index (χ0n) is 11.9. The van der Waals surface area contributed by atoms with E-state index in [1.165, 1.54) is 11.5 Å². The predicted molar refractivity (Wildman–Crippen MR) is 79.6 cm³/mol. The zero-order valence-corrected chi connectivity index (χ0v) is 12.7. The minimum atomic E-state index is -0.0835. The molecule has 0 radical (unpaired) electrons. The Hall–Kier alpha value is -1.66. The van der Waals surface area contributed by atoms with Crippen molar-refractivity contribution in [3.63, 3.8) is 0 Å². The molecule has 6 heteroatoms. The molecule has 0 aliphatic rings. The second-order valence-electron chi connectivity index (χ2n) is 4.29. The van der Waals surface area contributed by atoms with Crippen molar-refractivity contribution in [3.8, 4) is 11.5 Å². The average Bonchev–Trinajstić information content (AvgIpc) is 3.01. The highest BCUT2D eigenvalue weighted by molar-refractivity contribution is 7.03. The first-order valence-electron chi connectivity index (χ1n) is 6.53. The van der Waals surface area contributed by atoms with Crippen LogP contribution in [-0.4, -0.2) is 30.4 Å². The summed E-state index contributed by atoms with van der Waals surface area (Å²) in [6.07, 6.45) is 1.03. The molecule has 0 spiro atoms. The van der Waals surface area contributed by atoms with Gasteiger partial charge in [-0.15, -0.1) is 5.10 Å². The van der Waals surface area contributed by atoms with E-state index in [4.69, 9.17) is 9.47 Å². The van der Waals surface area contributed by atoms with Crippen LogP contribution in [0.4, 0.5) is 0 Å². The maximum atomic E-state index is 5.48. The molecule has 1 aromatic heterocycles. The summed E-state index contributed by atoms with van der Waals surface area (Å²) in [6.45, 7) is 3.01. The van der Waals surface area contributed by atoms with Crippen molar-refractivity contribution in [2.75, 3.05) is 20.8 Å². The summed E-state index contributed by atoms with van der Waals surface area (Å²) in [6, 6.07) is 5.69. The van der Waals surface area contributed by atoms with E-state index in [1.54, 1.807) is 14.2 Å². The highest BCUT2D eigenvalue weighted by Crippen LogP contribution is 2.36. The maximum Gasteiger partial charge on any atom is 0.127 e. The summed E-state index contributed by atoms with van der Waals surface area (Å²) < 4.78 is 14.9. The molecule has 5 nitrogen and oxygen atoms in total. The lowest BCUT2D eigenvalue weighted by atomic mass is 10.0. The molecule has 0 amide bonds. The first-order valence-corrected chi connectivity index (χ1v) is 7.36. The van der Waals surface area contributed by atoms with E-state index in [1.807, 2.05) is 23.6 Å². The lowest BCUT2D eigenvalue weighted by Crippen LogP contribution is -2.24. The highest BCUT2D eigenvalue weighted by atomic mass is 32.1. The molecule has 1 atom stereocenters. The number of methoxy groups -OCH3 is 2. The van der Waals surface area contributed by atoms with Crippen LogP contribution in [0.2, 0.25) is 0 Å². The fourth-order valence-corrected chi connectivity index (χ4v) is 2.59. The standard InChI is InChI=1S/C14H19N3O2S/c1-4-8-15-14(10-9-20-17-16-10)13-11(18-2)6-5-7-12(13)19-3/h5-7,9,14-15H,4,8H2,1-3H3. The second-order valence-corrected chi connectivity index (χ2v) is 4.90. The Morgan fingerprint density at radius 3 is 2.45 bits per heavy atom. The van der Waals surface area contributed by atoms with E-state index >= 15 is 0 Å². The number of ether oxygens (including phenoxy) is 2. The molecule has 2 rings (SSSR count). The Morgan fingerprint density at radius 1 is 1.25 bits per heavy atom. The zero-order chi connectivity index (χ0) is 14.4. The highest BCUT2D eigenvalue weighted by Gasteiger charge is 2.24. The smallest absolute Gasteiger partial charge is 0.127 e. The van der Waals surface area contributed by atoms with Crippen LogP contribution in [0.15, 0.2) is 23.6 Å². The van der Waals surface area contributed by atoms with Crippen LogP contribution in [0.1, 0.15) is 30.6 Å². The van der Waals surface area contributed by atoms with Crippen molar-refractivity contribution in [3.05, 3.63) is 34.8 Å². The molecule has 108 valence electrons. The second kappa shape index (κ2) is 7.21. The van der Waals surface area contributed by atoms with Crippen molar-refractivity contribution >= 4 is 11.5 Å². The topological polar surface area (TPSA) is 56.3 Å². The van der Waals surface area contributed by atoms with Gasteiger partial charge in [0.1, 0.15) is 11.5 Å². The van der Waals surface area contributed by atoms with Gasteiger partial charge in [-0.05, 0) is 36.6 Å². The predicted octanol–water partition coefficient (Wildman–Crippen LogP) is 2.64. The van der Waals surface area contributed by atoms with Gasteiger partial charge in [0, 0.05) is 5.38 Å². The number of nitrogens with one attached hydrogen (secondary N) is 1. The number of hydrogen-bond acceptors (Lipinski definition) is 6. The molecular formula is C14H19N3O2S. The molecule has 1 N–H and O–H groups in total. The SMILES string of the molecule is CCCNC(c1csnn1)c1c(OC)cccc1OC. The fraction of sp³-hybridized carbons (Fsp3) is 0.429. The van der Waals surface area contributed by atoms with E-state index in [0.717, 1.165) is 35.7 Å². The van der Waals surface area contributed by atoms with E-state index in [-0.39, 0.29) is 6.04 Å². The van der Waals surface area contributed by atoms with Crippen LogP contribution >= 0.6 is 11.5 Å². The molecule has 1 unspecified atom stereocenters. The van der Waals surface area contributed by atoms with Gasteiger partial charge in [0.2, 0.25) is 0 Å². The molecule has 1 aromatic carbocycles. The van der Waals surface area contributed by atoms with E-state index < -0.39 is 0 Å². The lowest BCUT2D eigenvalue weighted by molar-refractivity contribution is 0.376. The summed E-state index contributed by atoms with van der Waals surface area (Å²) in [5.41, 5.74) is 1.84. The monoisotopic (exact) mass is 293 g/mol. The maximum absolute atomic E-state index is 5.48. The van der Waals surface area contributed by atoms with Gasteiger partial charge in [0.05, 0.1) is 31.5 Å². The van der Waals surface area contributed by atoms with Crippen molar-refractivity contribution in [2.24, 2.45) is 0 Å². The molecular weight excluding hydrogens is 274 g/mol. The number of nitrogens with zero attached hydrogens (tertiary/aromatic N) is 2. The first-order chi connectivity index (χ1) is 9.81. The Labute approximate surface area is 123 Å². The molecule has 0 bridgehead atoms. The Bertz CT molecular complexity index is 509. The van der Waals surface area contributed by atoms with Crippen LogP contribution in [0, 0.1) is 0 Å². The van der Waals surface area contributed by atoms with Gasteiger partial charge in [-0.1, -0.05) is 17.5 Å². The fourth-order valence-electron chi connectivity index (χ4n) is 2.11. The summed E-state index contributed by atoms with van der Waals surface area (Å²) in [7, 11) is 3.32. The molecule has 20 heavy (non-hydrogen) atoms. The minimum absolute atomic E-state index is 0.0835. The first kappa shape index (κ1) is 14.7. The molecule has 0 saturated heterocycles. The normalized spacial score (nSPS) is 12.2. The third-order valence-corrected chi connectivity index (χ3v) is 3.55. The molecule has 2 aromatic rings. The van der Waals surface area contributed by atoms with Gasteiger partial charge in [0.15, 0.2) is 0 Å². The summed E-state index contributed by atoms with van der Waals surface area (Å²) in [4.78, 5) is 0. The van der Waals surface area contributed by atoms with Gasteiger partial charge >= 0.3 is 0 Å². The van der Waals surface area contributed by atoms with Gasteiger partial charge < -0.3 is 14.8 Å². The Kier molecular flexibility index (Phi) is 5.31. The summed E-state index contributed by atoms with van der Waals surface area (Å²) in [5.74, 6) is 1.57. The van der Waals surface area contributed by atoms with Crippen molar-refractivity contribution in [1.82, 2.24) is 14.9 Å². The number of rotatable bonds is 7. The molecule has 1 heterocycles. The lowest BCUT2D eigenvalue weighted by Gasteiger charge is -2.21. The van der Waals surface area contributed by atoms with Crippen LogP contribution in [0.5, 0.6) is 11.5 Å². The quantitative estimate of drug-likeness (QED) is 0.850. The summed E-state index contributed by atoms with van der Waals surface area (Å²) >= 11 is 1.34. The van der Waals surface area contributed by atoms with Crippen LogP contribution in [-0.2, 0) is 0 Å². The molecule has 0 aliphatic heterocycles. The van der Waals surface area contributed by atoms with Gasteiger partial charge in [-0.2, -0.15) is 0 Å². The number of hydrogen-bond donors (Lipinski definition) is 1. The van der Waals surface area contributed by atoms with E-state index in [0.29, 0.717) is 0 Å². The number of benzene rings is 1. The average molecular weight is 293 g/mol. The van der Waals surface area contributed by atoms with Crippen molar-refractivity contribution in [1.29, 1.82) is 0 Å². The Morgan fingerprint density at radius 2 is 1.95 bits per heavy atom. The van der Waals surface area contributed by atoms with Gasteiger partial charge in [-0.3, -0.25) is 0 Å². The molecule has 0 saturated carbocycles. The van der Waals surface area contributed by atoms with Crippen LogP contribution in [0.25, 0.3) is 0 Å². The number of aromatic nitrogens is 2. The largest absolute Gasteiger partial charge is 0.496 e. The van der Waals surface area contributed by atoms with Crippen molar-refractivity contribution < 1.29 is 9.47 Å². The molecule has 0 fully saturated rings. The van der Waals surface area contributed by atoms with Crippen LogP contribution < -0.4 is 14.8 Å². The summed E-state index contributed by atoms with van der Waals surface area (Å²) in [5, 5.41) is 9.62. The van der Waals surface area contributed by atoms with E-state index in [2.05, 4.69) is 21.8 Å². The minimum Gasteiger partial charge on any atom is -0.496 e. The third-order valence-electron chi connectivity index (χ3n) is 3.03. The molecule has 0 aliphatic carbocycles. The van der Waals surface area contributed by atoms with Crippen molar-refractivity contribution in [2.45, 2.75) is 19.4 Å². The van der Waals surface area contributed by atoms with E-state index in [9.17, 15) is 0 Å². The Balaban J connectivity index is 2.47. The van der Waals surface area contributed by atoms with Gasteiger partial charge in [-0.25, -0.2) is 0 Å². The van der Waals surface area contributed by atoms with Gasteiger partial charge in [0.25, 0.3) is 0 Å². The van der Waals surface area contributed by atoms with Crippen LogP contribution in [0.3, 0.4) is 0 Å². The third kappa shape index (κ3) is 3.08.